The number of halogens is 4. The van der Waals surface area contributed by atoms with Crippen LogP contribution >= 0.6 is 11.6 Å². The van der Waals surface area contributed by atoms with E-state index in [1.54, 1.807) is 6.07 Å². The largest absolute Gasteiger partial charge is 0.457 e. The fourth-order valence-corrected chi connectivity index (χ4v) is 2.86. The van der Waals surface area contributed by atoms with E-state index in [0.29, 0.717) is 0 Å². The predicted octanol–water partition coefficient (Wildman–Crippen LogP) is 6.07. The van der Waals surface area contributed by atoms with Crippen molar-refractivity contribution in [2.75, 3.05) is 5.32 Å². The number of nitro groups is 1. The third-order valence-electron chi connectivity index (χ3n) is 4.16. The van der Waals surface area contributed by atoms with Gasteiger partial charge in [-0.1, -0.05) is 23.7 Å². The molecule has 0 unspecified atom stereocenters. The summed E-state index contributed by atoms with van der Waals surface area (Å²) in [5.74, 6) is -0.697. The van der Waals surface area contributed by atoms with Crippen molar-refractivity contribution in [2.45, 2.75) is 6.18 Å². The summed E-state index contributed by atoms with van der Waals surface area (Å²) in [6.07, 6.45) is -3.41. The highest BCUT2D eigenvalue weighted by Gasteiger charge is 2.30. The van der Waals surface area contributed by atoms with Gasteiger partial charge in [-0.3, -0.25) is 14.9 Å². The van der Waals surface area contributed by atoms with E-state index in [1.165, 1.54) is 30.3 Å². The van der Waals surface area contributed by atoms with E-state index in [2.05, 4.69) is 5.32 Å². The van der Waals surface area contributed by atoms with Crippen LogP contribution in [0.4, 0.5) is 24.5 Å². The Hall–Kier alpha value is -4.10. The molecule has 0 atom stereocenters. The zero-order chi connectivity index (χ0) is 23.5. The van der Waals surface area contributed by atoms with Gasteiger partial charge >= 0.3 is 6.18 Å². The van der Waals surface area contributed by atoms with Crippen molar-refractivity contribution in [2.24, 2.45) is 0 Å². The van der Waals surface area contributed by atoms with Crippen LogP contribution in [0.25, 0.3) is 17.4 Å². The SMILES string of the molecule is N#C/C(=C\c1ccc(-c2cccc(C(F)(F)F)c2)o1)C(=O)Nc1ccc([N+](=O)[O-])cc1Cl. The van der Waals surface area contributed by atoms with Crippen LogP contribution in [0.3, 0.4) is 0 Å². The lowest BCUT2D eigenvalue weighted by molar-refractivity contribution is -0.384. The van der Waals surface area contributed by atoms with E-state index in [4.69, 9.17) is 16.0 Å². The monoisotopic (exact) mass is 461 g/mol. The number of amides is 1. The van der Waals surface area contributed by atoms with Crippen LogP contribution < -0.4 is 5.32 Å². The lowest BCUT2D eigenvalue weighted by Gasteiger charge is -2.07. The van der Waals surface area contributed by atoms with Gasteiger partial charge in [0.2, 0.25) is 0 Å². The van der Waals surface area contributed by atoms with Crippen molar-refractivity contribution in [3.63, 3.8) is 0 Å². The molecule has 162 valence electrons. The number of alkyl halides is 3. The Balaban J connectivity index is 1.82. The summed E-state index contributed by atoms with van der Waals surface area (Å²) in [5.41, 5.74) is -1.29. The zero-order valence-electron chi connectivity index (χ0n) is 15.8. The number of benzene rings is 2. The van der Waals surface area contributed by atoms with E-state index in [9.17, 15) is 33.3 Å². The molecule has 0 saturated carbocycles. The zero-order valence-corrected chi connectivity index (χ0v) is 16.6. The second kappa shape index (κ2) is 8.95. The number of nitrogens with one attached hydrogen (secondary N) is 1. The molecule has 0 radical (unpaired) electrons. The molecule has 0 aliphatic rings. The first-order valence-electron chi connectivity index (χ1n) is 8.73. The van der Waals surface area contributed by atoms with Crippen LogP contribution in [0, 0.1) is 21.4 Å². The number of nitrogens with zero attached hydrogens (tertiary/aromatic N) is 2. The first-order valence-corrected chi connectivity index (χ1v) is 9.11. The predicted molar refractivity (Wildman–Crippen MR) is 109 cm³/mol. The lowest BCUT2D eigenvalue weighted by atomic mass is 10.1. The minimum Gasteiger partial charge on any atom is -0.457 e. The number of hydrogen-bond donors (Lipinski definition) is 1. The molecule has 2 aromatic carbocycles. The Morgan fingerprint density at radius 3 is 2.56 bits per heavy atom. The highest BCUT2D eigenvalue weighted by molar-refractivity contribution is 6.34. The topological polar surface area (TPSA) is 109 Å². The average molecular weight is 462 g/mol. The van der Waals surface area contributed by atoms with Gasteiger partial charge in [0.15, 0.2) is 0 Å². The molecule has 3 rings (SSSR count). The summed E-state index contributed by atoms with van der Waals surface area (Å²) in [6.45, 7) is 0. The van der Waals surface area contributed by atoms with Crippen molar-refractivity contribution >= 4 is 35.0 Å². The molecule has 0 spiro atoms. The van der Waals surface area contributed by atoms with Crippen molar-refractivity contribution < 1.29 is 27.3 Å². The summed E-state index contributed by atoms with van der Waals surface area (Å²) in [7, 11) is 0. The standard InChI is InChI=1S/C21H11ClF3N3O4/c22-17-10-15(28(30)31)4-6-18(17)27-20(29)13(11-26)9-16-5-7-19(32-16)12-2-1-3-14(8-12)21(23,24)25/h1-10H,(H,27,29)/b13-9+. The van der Waals surface area contributed by atoms with Gasteiger partial charge in [-0.2, -0.15) is 18.4 Å². The fourth-order valence-electron chi connectivity index (χ4n) is 2.63. The van der Waals surface area contributed by atoms with E-state index in [0.717, 1.165) is 30.3 Å². The molecule has 1 amide bonds. The number of rotatable bonds is 5. The van der Waals surface area contributed by atoms with Crippen LogP contribution in [0.2, 0.25) is 5.02 Å². The Morgan fingerprint density at radius 2 is 1.94 bits per heavy atom. The Kier molecular flexibility index (Phi) is 6.32. The number of carbonyl (C=O) groups excluding carboxylic acids is 1. The number of nitro benzene ring substituents is 1. The summed E-state index contributed by atoms with van der Waals surface area (Å²) in [4.78, 5) is 22.5. The number of anilines is 1. The highest BCUT2D eigenvalue weighted by Crippen LogP contribution is 2.33. The van der Waals surface area contributed by atoms with Gasteiger partial charge in [-0.05, 0) is 30.3 Å². The number of nitriles is 1. The van der Waals surface area contributed by atoms with Gasteiger partial charge < -0.3 is 9.73 Å². The molecule has 7 nitrogen and oxygen atoms in total. The van der Waals surface area contributed by atoms with Crippen LogP contribution in [-0.2, 0) is 11.0 Å². The van der Waals surface area contributed by atoms with Crippen LogP contribution in [0.15, 0.2) is 64.6 Å². The van der Waals surface area contributed by atoms with E-state index in [1.807, 2.05) is 0 Å². The van der Waals surface area contributed by atoms with Gasteiger partial charge in [0.05, 0.1) is 21.2 Å². The summed E-state index contributed by atoms with van der Waals surface area (Å²) < 4.78 is 44.2. The lowest BCUT2D eigenvalue weighted by Crippen LogP contribution is -2.13. The molecule has 0 aliphatic heterocycles. The number of furan rings is 1. The molecular weight excluding hydrogens is 451 g/mol. The fraction of sp³-hybridized carbons (Fsp3) is 0.0476. The highest BCUT2D eigenvalue weighted by atomic mass is 35.5. The molecule has 0 fully saturated rings. The first kappa shape index (κ1) is 22.6. The van der Waals surface area contributed by atoms with E-state index >= 15 is 0 Å². The maximum absolute atomic E-state index is 12.9. The minimum absolute atomic E-state index is 0.0486. The molecule has 11 heteroatoms. The second-order valence-corrected chi connectivity index (χ2v) is 6.73. The van der Waals surface area contributed by atoms with Crippen molar-refractivity contribution in [3.8, 4) is 17.4 Å². The van der Waals surface area contributed by atoms with Gasteiger partial charge in [-0.25, -0.2) is 0 Å². The Bertz CT molecular complexity index is 1280. The van der Waals surface area contributed by atoms with E-state index < -0.39 is 22.6 Å². The average Bonchev–Trinajstić information content (AvgIpc) is 3.21. The van der Waals surface area contributed by atoms with Crippen molar-refractivity contribution in [1.82, 2.24) is 0 Å². The minimum atomic E-state index is -4.52. The van der Waals surface area contributed by atoms with Crippen LogP contribution in [0.5, 0.6) is 0 Å². The molecule has 32 heavy (non-hydrogen) atoms. The number of non-ortho nitro benzene ring substituents is 1. The summed E-state index contributed by atoms with van der Waals surface area (Å²) in [6, 6.07) is 12.4. The first-order chi connectivity index (χ1) is 15.1. The molecule has 0 saturated heterocycles. The maximum atomic E-state index is 12.9. The van der Waals surface area contributed by atoms with Gasteiger partial charge in [0, 0.05) is 23.8 Å². The summed E-state index contributed by atoms with van der Waals surface area (Å²) in [5, 5.41) is 22.3. The number of carbonyl (C=O) groups is 1. The molecule has 3 aromatic rings. The van der Waals surface area contributed by atoms with Crippen molar-refractivity contribution in [1.29, 1.82) is 5.26 Å². The second-order valence-electron chi connectivity index (χ2n) is 6.33. The summed E-state index contributed by atoms with van der Waals surface area (Å²) >= 11 is 5.92. The molecule has 0 aliphatic carbocycles. The Labute approximate surface area is 183 Å². The molecule has 0 bridgehead atoms. The van der Waals surface area contributed by atoms with Crippen LogP contribution in [0.1, 0.15) is 11.3 Å². The Morgan fingerprint density at radius 1 is 1.19 bits per heavy atom. The third kappa shape index (κ3) is 5.14. The quantitative estimate of drug-likeness (QED) is 0.214. The molecule has 1 N–H and O–H groups in total. The molecule has 1 aromatic heterocycles. The number of hydrogen-bond acceptors (Lipinski definition) is 5. The van der Waals surface area contributed by atoms with Gasteiger partial charge in [0.1, 0.15) is 23.2 Å². The van der Waals surface area contributed by atoms with Gasteiger partial charge in [0.25, 0.3) is 11.6 Å². The molecular formula is C21H11ClF3N3O4. The normalized spacial score (nSPS) is 11.7. The third-order valence-corrected chi connectivity index (χ3v) is 4.48. The molecule has 1 heterocycles. The van der Waals surface area contributed by atoms with E-state index in [-0.39, 0.29) is 39.1 Å². The van der Waals surface area contributed by atoms with Crippen LogP contribution in [-0.4, -0.2) is 10.8 Å². The van der Waals surface area contributed by atoms with Gasteiger partial charge in [-0.15, -0.1) is 0 Å². The maximum Gasteiger partial charge on any atom is 0.416 e. The smallest absolute Gasteiger partial charge is 0.416 e. The van der Waals surface area contributed by atoms with Crippen molar-refractivity contribution in [3.05, 3.63) is 86.6 Å².